The number of nitrogens with zero attached hydrogens (tertiary/aromatic N) is 6. The van der Waals surface area contributed by atoms with Crippen LogP contribution >= 0.6 is 0 Å². The lowest BCUT2D eigenvalue weighted by molar-refractivity contribution is 0.0733. The average molecular weight is 428 g/mol. The van der Waals surface area contributed by atoms with Gasteiger partial charge in [0.15, 0.2) is 5.82 Å². The first-order valence-electron chi connectivity index (χ1n) is 10.8. The highest BCUT2D eigenvalue weighted by Gasteiger charge is 2.28. The number of rotatable bonds is 5. The van der Waals surface area contributed by atoms with Crippen LogP contribution in [0, 0.1) is 6.92 Å². The fraction of sp³-hybridized carbons (Fsp3) is 0.292. The van der Waals surface area contributed by atoms with Gasteiger partial charge in [-0.1, -0.05) is 13.0 Å². The number of aryl methyl sites for hydroxylation is 1. The summed E-state index contributed by atoms with van der Waals surface area (Å²) in [7, 11) is 0. The lowest BCUT2D eigenvalue weighted by Crippen LogP contribution is -2.37. The van der Waals surface area contributed by atoms with Crippen molar-refractivity contribution in [2.45, 2.75) is 33.2 Å². The Morgan fingerprint density at radius 2 is 2.06 bits per heavy atom. The van der Waals surface area contributed by atoms with E-state index in [9.17, 15) is 4.79 Å². The maximum Gasteiger partial charge on any atom is 0.258 e. The molecule has 5 heterocycles. The van der Waals surface area contributed by atoms with Gasteiger partial charge in [-0.3, -0.25) is 9.78 Å². The quantitative estimate of drug-likeness (QED) is 0.484. The predicted molar refractivity (Wildman–Crippen MR) is 119 cm³/mol. The molecule has 0 saturated heterocycles. The van der Waals surface area contributed by atoms with Crippen LogP contribution in [-0.2, 0) is 13.0 Å². The molecule has 0 N–H and O–H groups in total. The Morgan fingerprint density at radius 3 is 2.88 bits per heavy atom. The highest BCUT2D eigenvalue weighted by Crippen LogP contribution is 2.30. The third-order valence-corrected chi connectivity index (χ3v) is 5.58. The van der Waals surface area contributed by atoms with Crippen molar-refractivity contribution in [1.82, 2.24) is 29.5 Å². The minimum Gasteiger partial charge on any atom is -0.477 e. The molecule has 0 aliphatic carbocycles. The largest absolute Gasteiger partial charge is 0.477 e. The molecule has 5 rings (SSSR count). The van der Waals surface area contributed by atoms with E-state index in [0.717, 1.165) is 34.5 Å². The molecule has 32 heavy (non-hydrogen) atoms. The molecular weight excluding hydrogens is 404 g/mol. The van der Waals surface area contributed by atoms with Crippen molar-refractivity contribution < 1.29 is 9.53 Å². The van der Waals surface area contributed by atoms with E-state index in [-0.39, 0.29) is 5.91 Å². The van der Waals surface area contributed by atoms with Gasteiger partial charge < -0.3 is 9.64 Å². The number of pyridine rings is 2. The lowest BCUT2D eigenvalue weighted by atomic mass is 10.0. The van der Waals surface area contributed by atoms with Gasteiger partial charge >= 0.3 is 0 Å². The predicted octanol–water partition coefficient (Wildman–Crippen LogP) is 3.48. The van der Waals surface area contributed by atoms with Crippen LogP contribution < -0.4 is 4.74 Å². The Kier molecular flexibility index (Phi) is 5.26. The monoisotopic (exact) mass is 428 g/mol. The van der Waals surface area contributed by atoms with Gasteiger partial charge in [0.2, 0.25) is 5.88 Å². The summed E-state index contributed by atoms with van der Waals surface area (Å²) >= 11 is 0. The first kappa shape index (κ1) is 20.1. The van der Waals surface area contributed by atoms with Crippen LogP contribution in [0.5, 0.6) is 5.88 Å². The fourth-order valence-electron chi connectivity index (χ4n) is 3.87. The molecule has 0 spiro atoms. The summed E-state index contributed by atoms with van der Waals surface area (Å²) in [4.78, 5) is 29.0. The zero-order chi connectivity index (χ0) is 22.1. The molecule has 8 nitrogen and oxygen atoms in total. The van der Waals surface area contributed by atoms with Gasteiger partial charge in [0.1, 0.15) is 0 Å². The summed E-state index contributed by atoms with van der Waals surface area (Å²) in [6.07, 6.45) is 6.75. The van der Waals surface area contributed by atoms with E-state index in [1.807, 2.05) is 48.4 Å². The SMILES string of the molecule is CCCOc1nc(-c2ccc(C)nc2)nc2c1CN(C(=O)c1cnn3ccccc13)CC2. The van der Waals surface area contributed by atoms with Crippen LogP contribution in [0.2, 0.25) is 0 Å². The molecule has 1 aliphatic heterocycles. The van der Waals surface area contributed by atoms with E-state index in [0.29, 0.717) is 43.4 Å². The van der Waals surface area contributed by atoms with Gasteiger partial charge in [-0.25, -0.2) is 9.50 Å². The van der Waals surface area contributed by atoms with Crippen molar-refractivity contribution in [3.05, 3.63) is 71.4 Å². The van der Waals surface area contributed by atoms with Crippen molar-refractivity contribution in [1.29, 1.82) is 0 Å². The number of hydrogen-bond acceptors (Lipinski definition) is 6. The lowest BCUT2D eigenvalue weighted by Gasteiger charge is -2.29. The van der Waals surface area contributed by atoms with Gasteiger partial charge in [-0.2, -0.15) is 10.1 Å². The maximum absolute atomic E-state index is 13.3. The molecule has 0 radical (unpaired) electrons. The Hall–Kier alpha value is -3.81. The minimum absolute atomic E-state index is 0.0508. The standard InChI is InChI=1S/C24H24N6O2/c1-3-12-32-23-19-15-29(24(31)18-14-26-30-10-5-4-6-21(18)30)11-9-20(19)27-22(28-23)17-8-7-16(2)25-13-17/h4-8,10,13-14H,3,9,11-12,15H2,1-2H3. The molecule has 0 atom stereocenters. The second-order valence-electron chi connectivity index (χ2n) is 7.88. The highest BCUT2D eigenvalue weighted by atomic mass is 16.5. The fourth-order valence-corrected chi connectivity index (χ4v) is 3.87. The molecule has 1 amide bonds. The van der Waals surface area contributed by atoms with Gasteiger partial charge in [-0.15, -0.1) is 0 Å². The molecule has 0 fully saturated rings. The second-order valence-corrected chi connectivity index (χ2v) is 7.88. The Balaban J connectivity index is 1.48. The van der Waals surface area contributed by atoms with Crippen molar-refractivity contribution in [3.8, 4) is 17.3 Å². The van der Waals surface area contributed by atoms with E-state index in [4.69, 9.17) is 14.7 Å². The number of ether oxygens (including phenoxy) is 1. The van der Waals surface area contributed by atoms with Crippen LogP contribution in [0.4, 0.5) is 0 Å². The van der Waals surface area contributed by atoms with Crippen molar-refractivity contribution >= 4 is 11.4 Å². The van der Waals surface area contributed by atoms with E-state index in [1.165, 1.54) is 0 Å². The van der Waals surface area contributed by atoms with Gasteiger partial charge in [0.05, 0.1) is 41.7 Å². The molecule has 0 aromatic carbocycles. The zero-order valence-corrected chi connectivity index (χ0v) is 18.2. The number of fused-ring (bicyclic) bond motifs is 2. The van der Waals surface area contributed by atoms with Crippen LogP contribution in [-0.4, -0.2) is 48.5 Å². The van der Waals surface area contributed by atoms with E-state index in [1.54, 1.807) is 16.9 Å². The van der Waals surface area contributed by atoms with Crippen LogP contribution in [0.25, 0.3) is 16.9 Å². The molecule has 4 aromatic rings. The van der Waals surface area contributed by atoms with Crippen LogP contribution in [0.3, 0.4) is 0 Å². The number of aromatic nitrogens is 5. The van der Waals surface area contributed by atoms with E-state index in [2.05, 4.69) is 17.0 Å². The Morgan fingerprint density at radius 1 is 1.16 bits per heavy atom. The summed E-state index contributed by atoms with van der Waals surface area (Å²) in [5.74, 6) is 1.10. The number of carbonyl (C=O) groups excluding carboxylic acids is 1. The zero-order valence-electron chi connectivity index (χ0n) is 18.2. The molecular formula is C24H24N6O2. The second kappa shape index (κ2) is 8.37. The van der Waals surface area contributed by atoms with Crippen molar-refractivity contribution in [2.75, 3.05) is 13.2 Å². The number of amides is 1. The summed E-state index contributed by atoms with van der Waals surface area (Å²) in [6.45, 7) is 5.54. The van der Waals surface area contributed by atoms with Crippen molar-refractivity contribution in [3.63, 3.8) is 0 Å². The topological polar surface area (TPSA) is 85.5 Å². The van der Waals surface area contributed by atoms with Gasteiger partial charge in [0.25, 0.3) is 5.91 Å². The Labute approximate surface area is 185 Å². The molecule has 1 aliphatic rings. The van der Waals surface area contributed by atoms with Crippen molar-refractivity contribution in [2.24, 2.45) is 0 Å². The number of carbonyl (C=O) groups is 1. The average Bonchev–Trinajstić information content (AvgIpc) is 3.26. The van der Waals surface area contributed by atoms with E-state index >= 15 is 0 Å². The Bertz CT molecular complexity index is 1280. The molecule has 162 valence electrons. The normalized spacial score (nSPS) is 13.2. The molecule has 0 bridgehead atoms. The smallest absolute Gasteiger partial charge is 0.258 e. The minimum atomic E-state index is -0.0508. The molecule has 4 aromatic heterocycles. The summed E-state index contributed by atoms with van der Waals surface area (Å²) < 4.78 is 7.72. The van der Waals surface area contributed by atoms with Gasteiger partial charge in [0, 0.05) is 36.6 Å². The first-order chi connectivity index (χ1) is 15.6. The molecule has 0 saturated carbocycles. The highest BCUT2D eigenvalue weighted by molar-refractivity contribution is 6.00. The third-order valence-electron chi connectivity index (χ3n) is 5.58. The van der Waals surface area contributed by atoms with Gasteiger partial charge in [-0.05, 0) is 37.6 Å². The summed E-state index contributed by atoms with van der Waals surface area (Å²) in [5.41, 5.74) is 4.97. The first-order valence-corrected chi connectivity index (χ1v) is 10.8. The van der Waals surface area contributed by atoms with E-state index < -0.39 is 0 Å². The molecule has 0 unspecified atom stereocenters. The molecule has 8 heteroatoms. The maximum atomic E-state index is 13.3. The van der Waals surface area contributed by atoms with Crippen LogP contribution in [0.1, 0.15) is 40.7 Å². The third kappa shape index (κ3) is 3.68. The number of hydrogen-bond donors (Lipinski definition) is 0. The summed E-state index contributed by atoms with van der Waals surface area (Å²) in [6, 6.07) is 9.62. The van der Waals surface area contributed by atoms with Crippen LogP contribution in [0.15, 0.2) is 48.9 Å². The summed E-state index contributed by atoms with van der Waals surface area (Å²) in [5, 5.41) is 4.30.